The summed E-state index contributed by atoms with van der Waals surface area (Å²) < 4.78 is 1.80. The maximum atomic E-state index is 11.2. The number of hydrogen-bond donors (Lipinski definition) is 2. The van der Waals surface area contributed by atoms with Crippen molar-refractivity contribution < 1.29 is 9.90 Å². The molecule has 1 aromatic carbocycles. The van der Waals surface area contributed by atoms with Crippen LogP contribution in [-0.2, 0) is 4.79 Å². The lowest BCUT2D eigenvalue weighted by molar-refractivity contribution is -0.140. The second-order valence-electron chi connectivity index (χ2n) is 7.55. The van der Waals surface area contributed by atoms with Crippen molar-refractivity contribution in [2.45, 2.75) is 24.8 Å². The van der Waals surface area contributed by atoms with Gasteiger partial charge in [0.05, 0.1) is 17.4 Å². The van der Waals surface area contributed by atoms with Crippen LogP contribution < -0.4 is 5.32 Å². The van der Waals surface area contributed by atoms with E-state index in [-0.39, 0.29) is 5.92 Å². The summed E-state index contributed by atoms with van der Waals surface area (Å²) >= 11 is 0. The first kappa shape index (κ1) is 18.4. The molecule has 5 rings (SSSR count). The molecule has 0 spiro atoms. The van der Waals surface area contributed by atoms with Crippen LogP contribution in [0.1, 0.15) is 30.1 Å². The van der Waals surface area contributed by atoms with E-state index in [0.29, 0.717) is 13.0 Å². The van der Waals surface area contributed by atoms with Gasteiger partial charge in [-0.3, -0.25) is 9.78 Å². The number of carboxylic acid groups (broad SMARTS) is 1. The van der Waals surface area contributed by atoms with Crippen LogP contribution in [0, 0.1) is 0 Å². The molecule has 0 amide bonds. The van der Waals surface area contributed by atoms with Gasteiger partial charge in [-0.25, -0.2) is 9.50 Å². The zero-order chi connectivity index (χ0) is 20.7. The van der Waals surface area contributed by atoms with Crippen LogP contribution in [0.2, 0.25) is 0 Å². The normalized spacial score (nSPS) is 19.2. The predicted molar refractivity (Wildman–Crippen MR) is 115 cm³/mol. The molecule has 150 valence electrons. The van der Waals surface area contributed by atoms with Gasteiger partial charge in [0.2, 0.25) is 0 Å². The summed E-state index contributed by atoms with van der Waals surface area (Å²) in [4.78, 5) is 20.7. The highest BCUT2D eigenvalue weighted by atomic mass is 16.4. The fraction of sp³-hybridized carbons (Fsp3) is 0.217. The number of para-hydroxylation sites is 1. The Hall–Kier alpha value is -3.58. The number of aliphatic carboxylic acids is 1. The van der Waals surface area contributed by atoms with Gasteiger partial charge in [0.25, 0.3) is 0 Å². The molecule has 2 N–H and O–H groups in total. The summed E-state index contributed by atoms with van der Waals surface area (Å²) in [7, 11) is 0. The molecule has 0 saturated carbocycles. The number of rotatable bonds is 4. The Labute approximate surface area is 173 Å². The van der Waals surface area contributed by atoms with E-state index in [9.17, 15) is 9.90 Å². The number of nitrogens with one attached hydrogen (secondary N) is 1. The maximum Gasteiger partial charge on any atom is 0.320 e. The summed E-state index contributed by atoms with van der Waals surface area (Å²) in [5.74, 6) is -0.660. The highest BCUT2D eigenvalue weighted by Crippen LogP contribution is 2.32. The van der Waals surface area contributed by atoms with E-state index in [2.05, 4.69) is 28.0 Å². The minimum absolute atomic E-state index is 0.140. The van der Waals surface area contributed by atoms with Crippen molar-refractivity contribution >= 4 is 28.6 Å². The van der Waals surface area contributed by atoms with E-state index in [4.69, 9.17) is 4.98 Å². The maximum absolute atomic E-state index is 11.2. The fourth-order valence-electron chi connectivity index (χ4n) is 4.20. The number of piperidine rings is 1. The molecule has 30 heavy (non-hydrogen) atoms. The van der Waals surface area contributed by atoms with E-state index in [0.717, 1.165) is 45.5 Å². The molecule has 1 saturated heterocycles. The molecule has 7 heteroatoms. The van der Waals surface area contributed by atoms with Crippen LogP contribution in [0.15, 0.2) is 55.4 Å². The van der Waals surface area contributed by atoms with Crippen molar-refractivity contribution in [1.82, 2.24) is 24.9 Å². The molecule has 2 unspecified atom stereocenters. The number of hydrogen-bond acceptors (Lipinski definition) is 5. The van der Waals surface area contributed by atoms with Crippen LogP contribution in [0.4, 0.5) is 0 Å². The largest absolute Gasteiger partial charge is 0.480 e. The zero-order valence-electron chi connectivity index (χ0n) is 16.3. The standard InChI is InChI=1S/C23H21N5O2/c1-2-15-11-21(14-7-8-20(23(29)30)25-12-14)27-22-18(13-26-28(15)22)16-9-10-24-19-6-4-3-5-17(16)19/h2-6,9-11,13-14,20,25H,1,7-8,12H2,(H,29,30). The van der Waals surface area contributed by atoms with Crippen molar-refractivity contribution in [3.8, 4) is 11.1 Å². The van der Waals surface area contributed by atoms with E-state index in [1.54, 1.807) is 16.8 Å². The average Bonchev–Trinajstić information content (AvgIpc) is 3.22. The number of carboxylic acids is 1. The average molecular weight is 399 g/mol. The van der Waals surface area contributed by atoms with E-state index >= 15 is 0 Å². The Morgan fingerprint density at radius 1 is 1.23 bits per heavy atom. The van der Waals surface area contributed by atoms with E-state index in [1.165, 1.54) is 0 Å². The lowest BCUT2D eigenvalue weighted by Gasteiger charge is -2.27. The van der Waals surface area contributed by atoms with Crippen molar-refractivity contribution in [2.75, 3.05) is 6.54 Å². The Morgan fingerprint density at radius 2 is 2.10 bits per heavy atom. The molecule has 0 radical (unpaired) electrons. The zero-order valence-corrected chi connectivity index (χ0v) is 16.3. The third kappa shape index (κ3) is 3.04. The first-order valence-electron chi connectivity index (χ1n) is 9.97. The molecule has 4 heterocycles. The van der Waals surface area contributed by atoms with Gasteiger partial charge in [-0.1, -0.05) is 24.8 Å². The molecule has 2 atom stereocenters. The smallest absolute Gasteiger partial charge is 0.320 e. The van der Waals surface area contributed by atoms with Crippen LogP contribution in [0.5, 0.6) is 0 Å². The first-order valence-corrected chi connectivity index (χ1v) is 9.97. The predicted octanol–water partition coefficient (Wildman–Crippen LogP) is 3.51. The second kappa shape index (κ2) is 7.35. The second-order valence-corrected chi connectivity index (χ2v) is 7.55. The van der Waals surface area contributed by atoms with Gasteiger partial charge in [0, 0.05) is 35.3 Å². The molecule has 7 nitrogen and oxygen atoms in total. The molecular weight excluding hydrogens is 378 g/mol. The summed E-state index contributed by atoms with van der Waals surface area (Å²) in [6.07, 6.45) is 6.76. The van der Waals surface area contributed by atoms with Gasteiger partial charge >= 0.3 is 5.97 Å². The quantitative estimate of drug-likeness (QED) is 0.546. The van der Waals surface area contributed by atoms with Gasteiger partial charge in [-0.2, -0.15) is 5.10 Å². The topological polar surface area (TPSA) is 92.4 Å². The van der Waals surface area contributed by atoms with Crippen LogP contribution >= 0.6 is 0 Å². The number of pyridine rings is 1. The van der Waals surface area contributed by atoms with Gasteiger partial charge in [0.15, 0.2) is 5.65 Å². The third-order valence-electron chi connectivity index (χ3n) is 5.80. The Bertz CT molecular complexity index is 1270. The Balaban J connectivity index is 1.62. The lowest BCUT2D eigenvalue weighted by atomic mass is 9.91. The van der Waals surface area contributed by atoms with Crippen molar-refractivity contribution in [1.29, 1.82) is 0 Å². The first-order chi connectivity index (χ1) is 14.7. The lowest BCUT2D eigenvalue weighted by Crippen LogP contribution is -2.43. The molecular formula is C23H21N5O2. The molecule has 1 aliphatic rings. The van der Waals surface area contributed by atoms with Gasteiger partial charge in [-0.15, -0.1) is 0 Å². The molecule has 1 aliphatic heterocycles. The number of nitrogens with zero attached hydrogens (tertiary/aromatic N) is 4. The Kier molecular flexibility index (Phi) is 4.52. The van der Waals surface area contributed by atoms with Crippen LogP contribution in [-0.4, -0.2) is 43.2 Å². The molecule has 4 aromatic rings. The summed E-state index contributed by atoms with van der Waals surface area (Å²) in [5.41, 5.74) is 5.44. The fourth-order valence-corrected chi connectivity index (χ4v) is 4.20. The van der Waals surface area contributed by atoms with E-state index in [1.807, 2.05) is 36.5 Å². The highest BCUT2D eigenvalue weighted by Gasteiger charge is 2.27. The van der Waals surface area contributed by atoms with Crippen molar-refractivity contribution in [2.24, 2.45) is 0 Å². The number of fused-ring (bicyclic) bond motifs is 2. The highest BCUT2D eigenvalue weighted by molar-refractivity contribution is 5.97. The molecule has 1 fully saturated rings. The monoisotopic (exact) mass is 399 g/mol. The van der Waals surface area contributed by atoms with E-state index < -0.39 is 12.0 Å². The minimum atomic E-state index is -0.800. The van der Waals surface area contributed by atoms with Crippen molar-refractivity contribution in [3.05, 3.63) is 66.8 Å². The van der Waals surface area contributed by atoms with Gasteiger partial charge in [-0.05, 0) is 42.7 Å². The number of aromatic nitrogens is 4. The molecule has 0 bridgehead atoms. The minimum Gasteiger partial charge on any atom is -0.480 e. The van der Waals surface area contributed by atoms with Crippen molar-refractivity contribution in [3.63, 3.8) is 0 Å². The number of benzene rings is 1. The summed E-state index contributed by atoms with van der Waals surface area (Å²) in [5, 5.41) is 18.0. The van der Waals surface area contributed by atoms with Crippen LogP contribution in [0.25, 0.3) is 33.8 Å². The molecule has 0 aliphatic carbocycles. The SMILES string of the molecule is C=Cc1cc(C2CCC(C(=O)O)NC2)nc2c(-c3ccnc4ccccc34)cnn12. The molecule has 3 aromatic heterocycles. The summed E-state index contributed by atoms with van der Waals surface area (Å²) in [6.45, 7) is 4.52. The van der Waals surface area contributed by atoms with Crippen LogP contribution in [0.3, 0.4) is 0 Å². The third-order valence-corrected chi connectivity index (χ3v) is 5.80. The Morgan fingerprint density at radius 3 is 2.87 bits per heavy atom. The number of carbonyl (C=O) groups is 1. The summed E-state index contributed by atoms with van der Waals surface area (Å²) in [6, 6.07) is 11.5. The van der Waals surface area contributed by atoms with Gasteiger partial charge in [0.1, 0.15) is 6.04 Å². The van der Waals surface area contributed by atoms with Gasteiger partial charge < -0.3 is 10.4 Å².